The summed E-state index contributed by atoms with van der Waals surface area (Å²) in [6.07, 6.45) is 8.09. The van der Waals surface area contributed by atoms with E-state index < -0.39 is 0 Å². The zero-order valence-electron chi connectivity index (χ0n) is 18.1. The molecule has 1 heterocycles. The Bertz CT molecular complexity index is 722. The maximum absolute atomic E-state index is 11.9. The lowest BCUT2D eigenvalue weighted by molar-refractivity contribution is -0.149. The number of hydrogen-bond acceptors (Lipinski definition) is 4. The second-order valence-electron chi connectivity index (χ2n) is 7.69. The van der Waals surface area contributed by atoms with Gasteiger partial charge in [-0.05, 0) is 57.2 Å². The summed E-state index contributed by atoms with van der Waals surface area (Å²) in [5.74, 6) is 0.857. The number of rotatable bonds is 7. The van der Waals surface area contributed by atoms with Crippen molar-refractivity contribution in [2.45, 2.75) is 52.1 Å². The van der Waals surface area contributed by atoms with Crippen LogP contribution >= 0.6 is 24.0 Å². The lowest BCUT2D eigenvalue weighted by atomic mass is 9.86. The van der Waals surface area contributed by atoms with Crippen LogP contribution in [0.3, 0.4) is 0 Å². The fourth-order valence-corrected chi connectivity index (χ4v) is 3.96. The van der Waals surface area contributed by atoms with Gasteiger partial charge in [-0.25, -0.2) is 4.99 Å². The van der Waals surface area contributed by atoms with Gasteiger partial charge in [0.2, 0.25) is 0 Å². The number of ether oxygens (including phenoxy) is 1. The van der Waals surface area contributed by atoms with E-state index in [2.05, 4.69) is 58.9 Å². The highest BCUT2D eigenvalue weighted by molar-refractivity contribution is 14.0. The van der Waals surface area contributed by atoms with Crippen molar-refractivity contribution >= 4 is 41.6 Å². The number of halogens is 1. The summed E-state index contributed by atoms with van der Waals surface area (Å²) < 4.78 is 5.17. The summed E-state index contributed by atoms with van der Waals surface area (Å²) in [6, 6.07) is 8.97. The predicted molar refractivity (Wildman–Crippen MR) is 134 cm³/mol. The Morgan fingerprint density at radius 1 is 1.17 bits per heavy atom. The monoisotopic (exact) mass is 526 g/mol. The second-order valence-corrected chi connectivity index (χ2v) is 7.69. The number of aliphatic imine (C=N–C) groups is 1. The van der Waals surface area contributed by atoms with Gasteiger partial charge in [-0.3, -0.25) is 4.79 Å². The van der Waals surface area contributed by atoms with Crippen LogP contribution in [0.2, 0.25) is 0 Å². The van der Waals surface area contributed by atoms with Crippen molar-refractivity contribution in [3.63, 3.8) is 0 Å². The van der Waals surface area contributed by atoms with Crippen molar-refractivity contribution in [1.82, 2.24) is 10.6 Å². The Hall–Kier alpha value is -1.77. The van der Waals surface area contributed by atoms with Gasteiger partial charge in [0, 0.05) is 31.4 Å². The topological polar surface area (TPSA) is 66.0 Å². The van der Waals surface area contributed by atoms with E-state index in [1.54, 1.807) is 0 Å². The van der Waals surface area contributed by atoms with Crippen molar-refractivity contribution in [2.24, 2.45) is 10.9 Å². The third-order valence-electron chi connectivity index (χ3n) is 5.55. The highest BCUT2D eigenvalue weighted by Gasteiger charge is 2.27. The van der Waals surface area contributed by atoms with Crippen LogP contribution in [-0.4, -0.2) is 44.2 Å². The fraction of sp³-hybridized carbons (Fsp3) is 0.565. The van der Waals surface area contributed by atoms with Crippen LogP contribution in [0.4, 0.5) is 5.69 Å². The molecule has 6 nitrogen and oxygen atoms in total. The number of hydrogen-bond donors (Lipinski definition) is 2. The predicted octanol–water partition coefficient (Wildman–Crippen LogP) is 3.86. The number of carbonyl (C=O) groups is 1. The molecule has 1 saturated carbocycles. The number of nitrogens with one attached hydrogen (secondary N) is 2. The molecule has 0 bridgehead atoms. The summed E-state index contributed by atoms with van der Waals surface area (Å²) in [5.41, 5.74) is 2.45. The zero-order valence-corrected chi connectivity index (χ0v) is 20.4. The van der Waals surface area contributed by atoms with Gasteiger partial charge in [-0.2, -0.15) is 0 Å². The number of esters is 1. The molecular weight excluding hydrogens is 491 g/mol. The second kappa shape index (κ2) is 12.8. The molecule has 30 heavy (non-hydrogen) atoms. The molecule has 166 valence electrons. The van der Waals surface area contributed by atoms with E-state index in [1.165, 1.54) is 11.3 Å². The SMILES string of the molecule is CCNC(=NCc1cccc(N2CC=CC2)c1)NC1CCC(C(=O)OCC)CC1.I. The fourth-order valence-electron chi connectivity index (χ4n) is 3.96. The van der Waals surface area contributed by atoms with Gasteiger partial charge in [-0.1, -0.05) is 24.3 Å². The molecule has 0 unspecified atom stereocenters. The van der Waals surface area contributed by atoms with Crippen LogP contribution in [0.1, 0.15) is 45.1 Å². The normalized spacial score (nSPS) is 21.1. The van der Waals surface area contributed by atoms with Gasteiger partial charge >= 0.3 is 5.97 Å². The summed E-state index contributed by atoms with van der Waals surface area (Å²) in [7, 11) is 0. The van der Waals surface area contributed by atoms with E-state index in [4.69, 9.17) is 9.73 Å². The van der Waals surface area contributed by atoms with Gasteiger partial charge in [-0.15, -0.1) is 24.0 Å². The minimum Gasteiger partial charge on any atom is -0.466 e. The first kappa shape index (κ1) is 24.5. The Balaban J connectivity index is 0.00000320. The van der Waals surface area contributed by atoms with Crippen LogP contribution < -0.4 is 15.5 Å². The molecule has 1 fully saturated rings. The minimum absolute atomic E-state index is 0. The van der Waals surface area contributed by atoms with Crippen molar-refractivity contribution in [2.75, 3.05) is 31.1 Å². The number of nitrogens with zero attached hydrogens (tertiary/aromatic N) is 2. The van der Waals surface area contributed by atoms with Crippen LogP contribution in [0, 0.1) is 5.92 Å². The first-order valence-corrected chi connectivity index (χ1v) is 10.9. The summed E-state index contributed by atoms with van der Waals surface area (Å²) in [4.78, 5) is 19.1. The maximum Gasteiger partial charge on any atom is 0.308 e. The molecule has 1 aliphatic carbocycles. The van der Waals surface area contributed by atoms with Gasteiger partial charge in [0.15, 0.2) is 5.96 Å². The number of guanidine groups is 1. The van der Waals surface area contributed by atoms with Gasteiger partial charge in [0.1, 0.15) is 0 Å². The Morgan fingerprint density at radius 3 is 2.57 bits per heavy atom. The van der Waals surface area contributed by atoms with Gasteiger partial charge < -0.3 is 20.3 Å². The van der Waals surface area contributed by atoms with E-state index in [0.29, 0.717) is 19.2 Å². The molecule has 3 rings (SSSR count). The molecule has 2 N–H and O–H groups in total. The Morgan fingerprint density at radius 2 is 1.90 bits per heavy atom. The maximum atomic E-state index is 11.9. The van der Waals surface area contributed by atoms with Crippen molar-refractivity contribution in [3.05, 3.63) is 42.0 Å². The van der Waals surface area contributed by atoms with Crippen molar-refractivity contribution in [3.8, 4) is 0 Å². The van der Waals surface area contributed by atoms with Crippen molar-refractivity contribution in [1.29, 1.82) is 0 Å². The lowest BCUT2D eigenvalue weighted by Crippen LogP contribution is -2.45. The van der Waals surface area contributed by atoms with E-state index in [1.807, 2.05) is 6.92 Å². The highest BCUT2D eigenvalue weighted by atomic mass is 127. The number of anilines is 1. The van der Waals surface area contributed by atoms with Crippen LogP contribution in [0.5, 0.6) is 0 Å². The van der Waals surface area contributed by atoms with E-state index in [9.17, 15) is 4.79 Å². The molecule has 0 spiro atoms. The molecule has 0 amide bonds. The van der Waals surface area contributed by atoms with Gasteiger partial charge in [0.05, 0.1) is 19.1 Å². The smallest absolute Gasteiger partial charge is 0.308 e. The number of carbonyl (C=O) groups excluding carboxylic acids is 1. The molecule has 0 aromatic heterocycles. The summed E-state index contributed by atoms with van der Waals surface area (Å²) in [5, 5.41) is 6.91. The lowest BCUT2D eigenvalue weighted by Gasteiger charge is -2.29. The van der Waals surface area contributed by atoms with Crippen molar-refractivity contribution < 1.29 is 9.53 Å². The van der Waals surface area contributed by atoms with Crippen LogP contribution in [-0.2, 0) is 16.1 Å². The Kier molecular flexibility index (Phi) is 10.5. The molecular formula is C23H35IN4O2. The largest absolute Gasteiger partial charge is 0.466 e. The van der Waals surface area contributed by atoms with Gasteiger partial charge in [0.25, 0.3) is 0 Å². The molecule has 1 aromatic carbocycles. The average Bonchev–Trinajstić information content (AvgIpc) is 3.28. The Labute approximate surface area is 197 Å². The molecule has 2 aliphatic rings. The highest BCUT2D eigenvalue weighted by Crippen LogP contribution is 2.25. The third kappa shape index (κ3) is 7.18. The van der Waals surface area contributed by atoms with Crippen LogP contribution in [0.15, 0.2) is 41.4 Å². The summed E-state index contributed by atoms with van der Waals surface area (Å²) >= 11 is 0. The molecule has 7 heteroatoms. The minimum atomic E-state index is -0.0420. The zero-order chi connectivity index (χ0) is 20.5. The first-order chi connectivity index (χ1) is 14.2. The quantitative estimate of drug-likeness (QED) is 0.186. The third-order valence-corrected chi connectivity index (χ3v) is 5.55. The van der Waals surface area contributed by atoms with E-state index in [-0.39, 0.29) is 35.9 Å². The first-order valence-electron chi connectivity index (χ1n) is 10.9. The molecule has 0 saturated heterocycles. The average molecular weight is 526 g/mol. The molecule has 1 aliphatic heterocycles. The van der Waals surface area contributed by atoms with Crippen LogP contribution in [0.25, 0.3) is 0 Å². The van der Waals surface area contributed by atoms with E-state index in [0.717, 1.165) is 51.3 Å². The molecule has 0 radical (unpaired) electrons. The standard InChI is InChI=1S/C23H34N4O2.HI/c1-3-24-23(26-20-12-10-19(11-13-20)22(28)29-4-2)25-17-18-8-7-9-21(16-18)27-14-5-6-15-27;/h5-9,16,19-20H,3-4,10-15,17H2,1-2H3,(H2,24,25,26);1H. The van der Waals surface area contributed by atoms with E-state index >= 15 is 0 Å². The summed E-state index contributed by atoms with van der Waals surface area (Å²) in [6.45, 7) is 7.82. The number of benzene rings is 1. The molecule has 1 aromatic rings. The molecule has 0 atom stereocenters.